The first-order valence-electron chi connectivity index (χ1n) is 9.14. The Balaban J connectivity index is 1.70. The highest BCUT2D eigenvalue weighted by Gasteiger charge is 2.17. The van der Waals surface area contributed by atoms with Crippen molar-refractivity contribution in [3.05, 3.63) is 24.3 Å². The van der Waals surface area contributed by atoms with Crippen molar-refractivity contribution in [2.75, 3.05) is 78.1 Å². The molecule has 0 saturated carbocycles. The van der Waals surface area contributed by atoms with E-state index in [-0.39, 0.29) is 6.10 Å². The second-order valence-electron chi connectivity index (χ2n) is 6.78. The van der Waals surface area contributed by atoms with Gasteiger partial charge in [-0.3, -0.25) is 4.90 Å². The smallest absolute Gasteiger partial charge is 0.119 e. The average Bonchev–Trinajstić information content (AvgIpc) is 2.61. The maximum absolute atomic E-state index is 9.42. The molecule has 6 heteroatoms. The standard InChI is InChI=1S/C19H33N3O3/c1-17(23)16-20(2)8-9-21-10-12-22(13-11-21)18-4-6-19(7-5-18)25-15-14-24-3/h4-7,17,23H,8-16H2,1-3H3. The number of piperazine rings is 1. The van der Waals surface area contributed by atoms with Crippen LogP contribution >= 0.6 is 0 Å². The number of aliphatic hydroxyl groups excluding tert-OH is 1. The summed E-state index contributed by atoms with van der Waals surface area (Å²) < 4.78 is 10.6. The van der Waals surface area contributed by atoms with Gasteiger partial charge in [0.05, 0.1) is 12.7 Å². The van der Waals surface area contributed by atoms with Gasteiger partial charge in [-0.1, -0.05) is 0 Å². The summed E-state index contributed by atoms with van der Waals surface area (Å²) in [6.07, 6.45) is -0.261. The van der Waals surface area contributed by atoms with Gasteiger partial charge in [0.15, 0.2) is 0 Å². The molecule has 1 atom stereocenters. The number of nitrogens with zero attached hydrogens (tertiary/aromatic N) is 3. The molecule has 0 radical (unpaired) electrons. The molecule has 1 aromatic carbocycles. The molecule has 6 nitrogen and oxygen atoms in total. The predicted octanol–water partition coefficient (Wildman–Crippen LogP) is 1.15. The van der Waals surface area contributed by atoms with E-state index < -0.39 is 0 Å². The summed E-state index contributed by atoms with van der Waals surface area (Å²) in [4.78, 5) is 7.12. The molecule has 142 valence electrons. The third-order valence-electron chi connectivity index (χ3n) is 4.50. The molecule has 1 aliphatic rings. The topological polar surface area (TPSA) is 48.4 Å². The van der Waals surface area contributed by atoms with Gasteiger partial charge < -0.3 is 24.4 Å². The fourth-order valence-corrected chi connectivity index (χ4v) is 3.08. The fourth-order valence-electron chi connectivity index (χ4n) is 3.08. The van der Waals surface area contributed by atoms with Gasteiger partial charge in [-0.25, -0.2) is 0 Å². The van der Waals surface area contributed by atoms with E-state index in [1.165, 1.54) is 5.69 Å². The number of rotatable bonds is 10. The van der Waals surface area contributed by atoms with Crippen LogP contribution in [0.3, 0.4) is 0 Å². The maximum Gasteiger partial charge on any atom is 0.119 e. The number of benzene rings is 1. The predicted molar refractivity (Wildman–Crippen MR) is 102 cm³/mol. The number of aliphatic hydroxyl groups is 1. The van der Waals surface area contributed by atoms with Crippen LogP contribution in [0.4, 0.5) is 5.69 Å². The van der Waals surface area contributed by atoms with E-state index in [1.807, 2.05) is 19.1 Å². The molecule has 1 saturated heterocycles. The zero-order valence-corrected chi connectivity index (χ0v) is 15.9. The molecule has 1 fully saturated rings. The van der Waals surface area contributed by atoms with Crippen molar-refractivity contribution < 1.29 is 14.6 Å². The van der Waals surface area contributed by atoms with E-state index in [4.69, 9.17) is 9.47 Å². The Morgan fingerprint density at radius 1 is 1.12 bits per heavy atom. The molecular weight excluding hydrogens is 318 g/mol. The lowest BCUT2D eigenvalue weighted by molar-refractivity contribution is 0.130. The molecule has 0 amide bonds. The van der Waals surface area contributed by atoms with E-state index in [2.05, 4.69) is 33.9 Å². The number of methoxy groups -OCH3 is 1. The molecule has 2 rings (SSSR count). The Kier molecular flexibility index (Phi) is 8.48. The van der Waals surface area contributed by atoms with Crippen molar-refractivity contribution in [3.8, 4) is 5.75 Å². The van der Waals surface area contributed by atoms with E-state index in [9.17, 15) is 5.11 Å². The van der Waals surface area contributed by atoms with Gasteiger partial charge in [0.2, 0.25) is 0 Å². The van der Waals surface area contributed by atoms with Crippen molar-refractivity contribution in [2.45, 2.75) is 13.0 Å². The van der Waals surface area contributed by atoms with Crippen molar-refractivity contribution in [3.63, 3.8) is 0 Å². The van der Waals surface area contributed by atoms with Crippen molar-refractivity contribution in [1.82, 2.24) is 9.80 Å². The normalized spacial score (nSPS) is 17.1. The molecule has 1 aromatic rings. The summed E-state index contributed by atoms with van der Waals surface area (Å²) in [5, 5.41) is 9.42. The molecule has 1 heterocycles. The van der Waals surface area contributed by atoms with Crippen LogP contribution in [-0.2, 0) is 4.74 Å². The largest absolute Gasteiger partial charge is 0.491 e. The quantitative estimate of drug-likeness (QED) is 0.638. The minimum Gasteiger partial charge on any atom is -0.491 e. The monoisotopic (exact) mass is 351 g/mol. The Morgan fingerprint density at radius 2 is 1.80 bits per heavy atom. The fraction of sp³-hybridized carbons (Fsp3) is 0.684. The number of likely N-dealkylation sites (N-methyl/N-ethyl adjacent to an activating group) is 1. The molecule has 1 aliphatic heterocycles. The minimum absolute atomic E-state index is 0.261. The van der Waals surface area contributed by atoms with Crippen molar-refractivity contribution in [2.24, 2.45) is 0 Å². The van der Waals surface area contributed by atoms with E-state index in [0.717, 1.165) is 51.6 Å². The second-order valence-corrected chi connectivity index (χ2v) is 6.78. The van der Waals surface area contributed by atoms with Gasteiger partial charge in [-0.15, -0.1) is 0 Å². The SMILES string of the molecule is COCCOc1ccc(N2CCN(CCN(C)CC(C)O)CC2)cc1. The van der Waals surface area contributed by atoms with E-state index >= 15 is 0 Å². The first-order valence-corrected chi connectivity index (χ1v) is 9.14. The van der Waals surface area contributed by atoms with Crippen LogP contribution in [0, 0.1) is 0 Å². The summed E-state index contributed by atoms with van der Waals surface area (Å²) in [6, 6.07) is 8.33. The Labute approximate surface area is 151 Å². The van der Waals surface area contributed by atoms with Crippen LogP contribution in [0.15, 0.2) is 24.3 Å². The van der Waals surface area contributed by atoms with Gasteiger partial charge in [-0.2, -0.15) is 0 Å². The van der Waals surface area contributed by atoms with Crippen LogP contribution in [0.2, 0.25) is 0 Å². The molecule has 0 aliphatic carbocycles. The second kappa shape index (κ2) is 10.6. The highest BCUT2D eigenvalue weighted by molar-refractivity contribution is 5.49. The third-order valence-corrected chi connectivity index (χ3v) is 4.50. The van der Waals surface area contributed by atoms with Gasteiger partial charge >= 0.3 is 0 Å². The highest BCUT2D eigenvalue weighted by atomic mass is 16.5. The number of anilines is 1. The van der Waals surface area contributed by atoms with Crippen LogP contribution in [0.25, 0.3) is 0 Å². The number of ether oxygens (including phenoxy) is 2. The van der Waals surface area contributed by atoms with E-state index in [0.29, 0.717) is 13.2 Å². The van der Waals surface area contributed by atoms with Crippen LogP contribution < -0.4 is 9.64 Å². The Bertz CT molecular complexity index is 473. The lowest BCUT2D eigenvalue weighted by Gasteiger charge is -2.36. The molecule has 25 heavy (non-hydrogen) atoms. The van der Waals surface area contributed by atoms with E-state index in [1.54, 1.807) is 7.11 Å². The molecule has 1 unspecified atom stereocenters. The summed E-state index contributed by atoms with van der Waals surface area (Å²) in [7, 11) is 3.75. The van der Waals surface area contributed by atoms with Crippen LogP contribution in [0.1, 0.15) is 6.92 Å². The van der Waals surface area contributed by atoms with Crippen LogP contribution in [-0.4, -0.2) is 94.2 Å². The van der Waals surface area contributed by atoms with Gasteiger partial charge in [0.1, 0.15) is 12.4 Å². The van der Waals surface area contributed by atoms with Gasteiger partial charge in [0.25, 0.3) is 0 Å². The minimum atomic E-state index is -0.261. The van der Waals surface area contributed by atoms with Crippen molar-refractivity contribution in [1.29, 1.82) is 0 Å². The average molecular weight is 351 g/mol. The lowest BCUT2D eigenvalue weighted by Crippen LogP contribution is -2.48. The zero-order chi connectivity index (χ0) is 18.1. The molecule has 0 spiro atoms. The van der Waals surface area contributed by atoms with Crippen molar-refractivity contribution >= 4 is 5.69 Å². The third kappa shape index (κ3) is 7.20. The number of hydrogen-bond acceptors (Lipinski definition) is 6. The molecule has 0 bridgehead atoms. The Morgan fingerprint density at radius 3 is 2.40 bits per heavy atom. The zero-order valence-electron chi connectivity index (χ0n) is 15.9. The number of hydrogen-bond donors (Lipinski definition) is 1. The van der Waals surface area contributed by atoms with Gasteiger partial charge in [-0.05, 0) is 38.2 Å². The first-order chi connectivity index (χ1) is 12.1. The summed E-state index contributed by atoms with van der Waals surface area (Å²) in [5.41, 5.74) is 1.25. The lowest BCUT2D eigenvalue weighted by atomic mass is 10.2. The maximum atomic E-state index is 9.42. The summed E-state index contributed by atoms with van der Waals surface area (Å²) in [5.74, 6) is 0.889. The summed E-state index contributed by atoms with van der Waals surface area (Å²) in [6.45, 7) is 10.1. The first kappa shape index (κ1) is 20.0. The summed E-state index contributed by atoms with van der Waals surface area (Å²) >= 11 is 0. The van der Waals surface area contributed by atoms with Crippen LogP contribution in [0.5, 0.6) is 5.75 Å². The highest BCUT2D eigenvalue weighted by Crippen LogP contribution is 2.20. The molecule has 1 N–H and O–H groups in total. The Hall–Kier alpha value is -1.34. The molecule has 0 aromatic heterocycles. The molecular formula is C19H33N3O3. The van der Waals surface area contributed by atoms with Gasteiger partial charge in [0, 0.05) is 58.6 Å².